The van der Waals surface area contributed by atoms with E-state index in [9.17, 15) is 10.1 Å². The molecule has 3 rings (SSSR count). The molecule has 144 valence electrons. The van der Waals surface area contributed by atoms with Crippen LogP contribution in [0.15, 0.2) is 42.0 Å². The lowest BCUT2D eigenvalue weighted by Crippen LogP contribution is -2.13. The highest BCUT2D eigenvalue weighted by molar-refractivity contribution is 6.09. The Hall–Kier alpha value is -3.46. The smallest absolute Gasteiger partial charge is 0.266 e. The van der Waals surface area contributed by atoms with E-state index in [2.05, 4.69) is 12.2 Å². The number of rotatable bonds is 7. The van der Waals surface area contributed by atoms with Crippen LogP contribution in [0.1, 0.15) is 30.9 Å². The first-order valence-corrected chi connectivity index (χ1v) is 9.14. The lowest BCUT2D eigenvalue weighted by atomic mass is 10.1. The molecule has 0 bridgehead atoms. The molecule has 0 fully saturated rings. The van der Waals surface area contributed by atoms with Crippen molar-refractivity contribution in [3.05, 3.63) is 53.1 Å². The number of methoxy groups -OCH3 is 1. The van der Waals surface area contributed by atoms with Crippen LogP contribution >= 0.6 is 0 Å². The zero-order chi connectivity index (χ0) is 19.9. The van der Waals surface area contributed by atoms with Gasteiger partial charge in [0.1, 0.15) is 11.6 Å². The van der Waals surface area contributed by atoms with Crippen molar-refractivity contribution in [1.82, 2.24) is 0 Å². The largest absolute Gasteiger partial charge is 0.493 e. The highest BCUT2D eigenvalue weighted by Crippen LogP contribution is 2.42. The molecular formula is C22H22N2O4. The quantitative estimate of drug-likeness (QED) is 0.573. The topological polar surface area (TPSA) is 80.6 Å². The summed E-state index contributed by atoms with van der Waals surface area (Å²) in [4.78, 5) is 12.5. The highest BCUT2D eigenvalue weighted by Gasteiger charge is 2.20. The van der Waals surface area contributed by atoms with E-state index in [1.54, 1.807) is 12.1 Å². The predicted molar refractivity (Wildman–Crippen MR) is 106 cm³/mol. The van der Waals surface area contributed by atoms with Crippen LogP contribution in [-0.4, -0.2) is 19.8 Å². The first-order chi connectivity index (χ1) is 13.6. The van der Waals surface area contributed by atoms with Gasteiger partial charge in [0.05, 0.1) is 7.11 Å². The van der Waals surface area contributed by atoms with E-state index < -0.39 is 5.91 Å². The fraction of sp³-hybridized carbons (Fsp3) is 0.273. The minimum absolute atomic E-state index is 0.0176. The molecule has 6 nitrogen and oxygen atoms in total. The Labute approximate surface area is 164 Å². The number of nitrogens with one attached hydrogen (secondary N) is 1. The van der Waals surface area contributed by atoms with E-state index in [1.165, 1.54) is 18.7 Å². The van der Waals surface area contributed by atoms with Crippen molar-refractivity contribution < 1.29 is 19.0 Å². The number of unbranched alkanes of at least 4 members (excludes halogenated alkanes) is 1. The molecule has 1 heterocycles. The van der Waals surface area contributed by atoms with Crippen molar-refractivity contribution in [3.8, 4) is 23.3 Å². The number of carbonyl (C=O) groups is 1. The summed E-state index contributed by atoms with van der Waals surface area (Å²) in [6.07, 6.45) is 4.78. The van der Waals surface area contributed by atoms with E-state index in [1.807, 2.05) is 30.3 Å². The van der Waals surface area contributed by atoms with Gasteiger partial charge in [-0.15, -0.1) is 0 Å². The molecule has 6 heteroatoms. The Bertz CT molecular complexity index is 927. The van der Waals surface area contributed by atoms with Crippen LogP contribution in [0, 0.1) is 11.3 Å². The normalized spacial score (nSPS) is 12.4. The van der Waals surface area contributed by atoms with Gasteiger partial charge in [-0.3, -0.25) is 4.79 Å². The third-order valence-electron chi connectivity index (χ3n) is 4.39. The SMILES string of the molecule is CCCCc1ccc(NC(=O)/C(C#N)=C/c2cc(OC)c3c(c2)OCO3)cc1. The summed E-state index contributed by atoms with van der Waals surface area (Å²) in [5, 5.41) is 12.2. The summed E-state index contributed by atoms with van der Waals surface area (Å²) in [5.41, 5.74) is 2.47. The molecule has 0 aromatic heterocycles. The van der Waals surface area contributed by atoms with Crippen molar-refractivity contribution in [2.75, 3.05) is 19.2 Å². The second-order valence-electron chi connectivity index (χ2n) is 6.38. The van der Waals surface area contributed by atoms with Gasteiger partial charge in [0.25, 0.3) is 5.91 Å². The fourth-order valence-corrected chi connectivity index (χ4v) is 2.88. The average molecular weight is 378 g/mol. The van der Waals surface area contributed by atoms with Crippen LogP contribution < -0.4 is 19.5 Å². The maximum absolute atomic E-state index is 12.5. The number of carbonyl (C=O) groups excluding carboxylic acids is 1. The Balaban J connectivity index is 1.76. The monoisotopic (exact) mass is 378 g/mol. The first kappa shape index (κ1) is 19.3. The molecule has 0 radical (unpaired) electrons. The summed E-state index contributed by atoms with van der Waals surface area (Å²) in [6.45, 7) is 2.26. The Kier molecular flexibility index (Phi) is 6.18. The number of nitrogens with zero attached hydrogens (tertiary/aromatic N) is 1. The summed E-state index contributed by atoms with van der Waals surface area (Å²) in [7, 11) is 1.52. The zero-order valence-corrected chi connectivity index (χ0v) is 16.0. The van der Waals surface area contributed by atoms with Gasteiger partial charge in [0.15, 0.2) is 11.5 Å². The number of hydrogen-bond donors (Lipinski definition) is 1. The molecule has 1 aliphatic rings. The van der Waals surface area contributed by atoms with Gasteiger partial charge in [-0.1, -0.05) is 25.5 Å². The number of ether oxygens (including phenoxy) is 3. The van der Waals surface area contributed by atoms with Crippen molar-refractivity contribution in [3.63, 3.8) is 0 Å². The van der Waals surface area contributed by atoms with Crippen molar-refractivity contribution in [2.45, 2.75) is 26.2 Å². The molecule has 1 amide bonds. The highest BCUT2D eigenvalue weighted by atomic mass is 16.7. The van der Waals surface area contributed by atoms with Crippen molar-refractivity contribution in [1.29, 1.82) is 5.26 Å². The summed E-state index contributed by atoms with van der Waals surface area (Å²) in [5.74, 6) is 1.05. The van der Waals surface area contributed by atoms with Gasteiger partial charge in [0.2, 0.25) is 12.5 Å². The molecule has 0 saturated carbocycles. The van der Waals surface area contributed by atoms with Crippen molar-refractivity contribution >= 4 is 17.7 Å². The number of hydrogen-bond acceptors (Lipinski definition) is 5. The van der Waals surface area contributed by atoms with Crippen LogP contribution in [0.4, 0.5) is 5.69 Å². The first-order valence-electron chi connectivity index (χ1n) is 9.14. The minimum atomic E-state index is -0.472. The molecule has 0 saturated heterocycles. The summed E-state index contributed by atoms with van der Waals surface area (Å²) in [6, 6.07) is 13.0. The van der Waals surface area contributed by atoms with E-state index in [0.717, 1.165) is 19.3 Å². The van der Waals surface area contributed by atoms with Crippen LogP contribution in [0.2, 0.25) is 0 Å². The van der Waals surface area contributed by atoms with E-state index in [-0.39, 0.29) is 12.4 Å². The number of amides is 1. The van der Waals surface area contributed by atoms with Gasteiger partial charge in [-0.25, -0.2) is 0 Å². The average Bonchev–Trinajstić information content (AvgIpc) is 3.19. The van der Waals surface area contributed by atoms with Gasteiger partial charge >= 0.3 is 0 Å². The number of anilines is 1. The standard InChI is InChI=1S/C22H22N2O4/c1-3-4-5-15-6-8-18(9-7-15)24-22(25)17(13-23)10-16-11-19(26-2)21-20(12-16)27-14-28-21/h6-12H,3-5,14H2,1-2H3,(H,24,25)/b17-10+. The van der Waals surface area contributed by atoms with Crippen molar-refractivity contribution in [2.24, 2.45) is 0 Å². The van der Waals surface area contributed by atoms with Crippen LogP contribution in [0.3, 0.4) is 0 Å². The second-order valence-corrected chi connectivity index (χ2v) is 6.38. The number of benzene rings is 2. The maximum Gasteiger partial charge on any atom is 0.266 e. The Morgan fingerprint density at radius 3 is 2.75 bits per heavy atom. The number of nitriles is 1. The summed E-state index contributed by atoms with van der Waals surface area (Å²) >= 11 is 0. The molecule has 1 N–H and O–H groups in total. The molecular weight excluding hydrogens is 356 g/mol. The molecule has 2 aromatic rings. The second kappa shape index (κ2) is 8.96. The van der Waals surface area contributed by atoms with E-state index >= 15 is 0 Å². The third kappa shape index (κ3) is 4.44. The fourth-order valence-electron chi connectivity index (χ4n) is 2.88. The van der Waals surface area contributed by atoms with E-state index in [4.69, 9.17) is 14.2 Å². The number of aryl methyl sites for hydroxylation is 1. The van der Waals surface area contributed by atoms with Crippen LogP contribution in [0.5, 0.6) is 17.2 Å². The molecule has 0 atom stereocenters. The molecule has 0 aliphatic carbocycles. The van der Waals surface area contributed by atoms with Gasteiger partial charge in [-0.2, -0.15) is 5.26 Å². The molecule has 2 aromatic carbocycles. The predicted octanol–water partition coefficient (Wildman–Crippen LogP) is 4.31. The summed E-state index contributed by atoms with van der Waals surface area (Å²) < 4.78 is 16.0. The Morgan fingerprint density at radius 1 is 1.29 bits per heavy atom. The lowest BCUT2D eigenvalue weighted by molar-refractivity contribution is -0.112. The third-order valence-corrected chi connectivity index (χ3v) is 4.39. The molecule has 0 unspecified atom stereocenters. The molecule has 0 spiro atoms. The van der Waals surface area contributed by atoms with Gasteiger partial charge < -0.3 is 19.5 Å². The van der Waals surface area contributed by atoms with E-state index in [0.29, 0.717) is 28.5 Å². The maximum atomic E-state index is 12.5. The zero-order valence-electron chi connectivity index (χ0n) is 16.0. The minimum Gasteiger partial charge on any atom is -0.493 e. The Morgan fingerprint density at radius 2 is 2.07 bits per heavy atom. The number of fused-ring (bicyclic) bond motifs is 1. The lowest BCUT2D eigenvalue weighted by Gasteiger charge is -2.08. The molecule has 1 aliphatic heterocycles. The van der Waals surface area contributed by atoms with Crippen LogP contribution in [-0.2, 0) is 11.2 Å². The molecule has 28 heavy (non-hydrogen) atoms. The van der Waals surface area contributed by atoms with Gasteiger partial charge in [-0.05, 0) is 54.3 Å². The van der Waals surface area contributed by atoms with Gasteiger partial charge in [0, 0.05) is 5.69 Å². The van der Waals surface area contributed by atoms with Crippen LogP contribution in [0.25, 0.3) is 6.08 Å².